The van der Waals surface area contributed by atoms with E-state index in [1.165, 1.54) is 0 Å². The van der Waals surface area contributed by atoms with Gasteiger partial charge in [0.1, 0.15) is 6.54 Å². The first kappa shape index (κ1) is 13.1. The molecule has 5 nitrogen and oxygen atoms in total. The van der Waals surface area contributed by atoms with Crippen molar-refractivity contribution >= 4 is 10.2 Å². The summed E-state index contributed by atoms with van der Waals surface area (Å²) < 4.78 is 61.7. The molecular formula is C8H14F3N3O2S. The molecule has 2 rings (SSSR count). The second kappa shape index (κ2) is 4.38. The molecule has 0 unspecified atom stereocenters. The SMILES string of the molecule is O=S(=O)(NCC(F)(F)F)N1C[C@@H]2CCN[C@@H]2C1. The van der Waals surface area contributed by atoms with Gasteiger partial charge < -0.3 is 5.32 Å². The average Bonchev–Trinajstić information content (AvgIpc) is 2.72. The molecule has 17 heavy (non-hydrogen) atoms. The van der Waals surface area contributed by atoms with Crippen molar-refractivity contribution < 1.29 is 21.6 Å². The van der Waals surface area contributed by atoms with Gasteiger partial charge in [-0.3, -0.25) is 0 Å². The van der Waals surface area contributed by atoms with Gasteiger partial charge in [-0.25, -0.2) is 0 Å². The Bertz CT molecular complexity index is 372. The third kappa shape index (κ3) is 3.09. The first-order valence-electron chi connectivity index (χ1n) is 5.33. The summed E-state index contributed by atoms with van der Waals surface area (Å²) >= 11 is 0. The maximum absolute atomic E-state index is 11.9. The molecule has 0 bridgehead atoms. The van der Waals surface area contributed by atoms with Gasteiger partial charge in [-0.05, 0) is 18.9 Å². The molecule has 2 aliphatic heterocycles. The fourth-order valence-electron chi connectivity index (χ4n) is 2.27. The number of nitrogens with one attached hydrogen (secondary N) is 2. The monoisotopic (exact) mass is 273 g/mol. The number of nitrogens with zero attached hydrogens (tertiary/aromatic N) is 1. The van der Waals surface area contributed by atoms with E-state index in [-0.39, 0.29) is 18.5 Å². The predicted molar refractivity (Wildman–Crippen MR) is 54.4 cm³/mol. The summed E-state index contributed by atoms with van der Waals surface area (Å²) in [5, 5.41) is 3.14. The van der Waals surface area contributed by atoms with Crippen molar-refractivity contribution in [1.29, 1.82) is 0 Å². The van der Waals surface area contributed by atoms with Crippen LogP contribution in [0.4, 0.5) is 13.2 Å². The Morgan fingerprint density at radius 1 is 1.35 bits per heavy atom. The lowest BCUT2D eigenvalue weighted by molar-refractivity contribution is -0.121. The first-order valence-corrected chi connectivity index (χ1v) is 6.77. The van der Waals surface area contributed by atoms with Crippen LogP contribution in [0, 0.1) is 5.92 Å². The Morgan fingerprint density at radius 3 is 2.65 bits per heavy atom. The summed E-state index contributed by atoms with van der Waals surface area (Å²) in [5.41, 5.74) is 0. The zero-order chi connectivity index (χ0) is 12.7. The van der Waals surface area contributed by atoms with Crippen molar-refractivity contribution in [3.05, 3.63) is 0 Å². The minimum absolute atomic E-state index is 0.0810. The van der Waals surface area contributed by atoms with Gasteiger partial charge in [0.15, 0.2) is 0 Å². The van der Waals surface area contributed by atoms with Gasteiger partial charge in [-0.15, -0.1) is 0 Å². The Hall–Kier alpha value is -0.380. The van der Waals surface area contributed by atoms with Crippen LogP contribution in [0.1, 0.15) is 6.42 Å². The van der Waals surface area contributed by atoms with Crippen LogP contribution in [-0.4, -0.2) is 51.1 Å². The number of rotatable bonds is 3. The van der Waals surface area contributed by atoms with Gasteiger partial charge in [-0.1, -0.05) is 0 Å². The third-order valence-corrected chi connectivity index (χ3v) is 4.61. The first-order chi connectivity index (χ1) is 7.78. The van der Waals surface area contributed by atoms with Crippen LogP contribution >= 0.6 is 0 Å². The van der Waals surface area contributed by atoms with Gasteiger partial charge in [0.2, 0.25) is 0 Å². The smallest absolute Gasteiger partial charge is 0.312 e. The topological polar surface area (TPSA) is 61.4 Å². The number of alkyl halides is 3. The molecule has 2 atom stereocenters. The highest BCUT2D eigenvalue weighted by Crippen LogP contribution is 2.26. The molecule has 0 spiro atoms. The lowest BCUT2D eigenvalue weighted by Gasteiger charge is -2.18. The largest absolute Gasteiger partial charge is 0.402 e. The number of halogens is 3. The quantitative estimate of drug-likeness (QED) is 0.740. The van der Waals surface area contributed by atoms with Crippen LogP contribution < -0.4 is 10.0 Å². The number of hydrogen-bond acceptors (Lipinski definition) is 3. The second-order valence-corrected chi connectivity index (χ2v) is 6.12. The van der Waals surface area contributed by atoms with Crippen molar-refractivity contribution in [2.45, 2.75) is 18.6 Å². The van der Waals surface area contributed by atoms with Gasteiger partial charge in [0.25, 0.3) is 10.2 Å². The van der Waals surface area contributed by atoms with Crippen LogP contribution in [0.25, 0.3) is 0 Å². The molecule has 2 aliphatic rings. The highest BCUT2D eigenvalue weighted by Gasteiger charge is 2.41. The van der Waals surface area contributed by atoms with E-state index >= 15 is 0 Å². The number of fused-ring (bicyclic) bond motifs is 1. The Labute approximate surface area is 97.5 Å². The van der Waals surface area contributed by atoms with Gasteiger partial charge >= 0.3 is 6.18 Å². The molecule has 0 aromatic carbocycles. The van der Waals surface area contributed by atoms with Gasteiger partial charge in [0.05, 0.1) is 0 Å². The maximum atomic E-state index is 11.9. The van der Waals surface area contributed by atoms with Crippen molar-refractivity contribution in [1.82, 2.24) is 14.3 Å². The van der Waals surface area contributed by atoms with E-state index in [9.17, 15) is 21.6 Å². The predicted octanol–water partition coefficient (Wildman–Crippen LogP) is -0.323. The highest BCUT2D eigenvalue weighted by atomic mass is 32.2. The Balaban J connectivity index is 1.93. The van der Waals surface area contributed by atoms with Crippen LogP contribution in [0.2, 0.25) is 0 Å². The molecule has 2 fully saturated rings. The summed E-state index contributed by atoms with van der Waals surface area (Å²) in [7, 11) is -4.01. The van der Waals surface area contributed by atoms with E-state index in [2.05, 4.69) is 5.32 Å². The van der Waals surface area contributed by atoms with Crippen molar-refractivity contribution in [3.63, 3.8) is 0 Å². The standard InChI is InChI=1S/C8H14F3N3O2S/c9-8(10,11)5-13-17(15,16)14-3-6-1-2-12-7(6)4-14/h6-7,12-13H,1-5H2/t6-,7+/m0/s1. The van der Waals surface area contributed by atoms with Gasteiger partial charge in [-0.2, -0.15) is 30.6 Å². The average molecular weight is 273 g/mol. The maximum Gasteiger partial charge on any atom is 0.402 e. The number of hydrogen-bond donors (Lipinski definition) is 2. The lowest BCUT2D eigenvalue weighted by atomic mass is 10.1. The molecule has 0 amide bonds. The van der Waals surface area contributed by atoms with Crippen LogP contribution in [0.5, 0.6) is 0 Å². The summed E-state index contributed by atoms with van der Waals surface area (Å²) in [4.78, 5) is 0. The summed E-state index contributed by atoms with van der Waals surface area (Å²) in [6.07, 6.45) is -3.66. The van der Waals surface area contributed by atoms with Gasteiger partial charge in [0, 0.05) is 19.1 Å². The third-order valence-electron chi connectivity index (χ3n) is 3.12. The van der Waals surface area contributed by atoms with Crippen molar-refractivity contribution in [2.75, 3.05) is 26.2 Å². The molecule has 0 aromatic rings. The molecule has 0 aliphatic carbocycles. The van der Waals surface area contributed by atoms with E-state index in [1.807, 2.05) is 0 Å². The van der Waals surface area contributed by atoms with Crippen molar-refractivity contribution in [2.24, 2.45) is 5.92 Å². The molecule has 9 heteroatoms. The van der Waals surface area contributed by atoms with E-state index < -0.39 is 22.9 Å². The fourth-order valence-corrected chi connectivity index (χ4v) is 3.54. The molecule has 2 heterocycles. The summed E-state index contributed by atoms with van der Waals surface area (Å²) in [6, 6.07) is 0.0810. The lowest BCUT2D eigenvalue weighted by Crippen LogP contribution is -2.44. The molecule has 100 valence electrons. The van der Waals surface area contributed by atoms with Crippen molar-refractivity contribution in [3.8, 4) is 0 Å². The summed E-state index contributed by atoms with van der Waals surface area (Å²) in [6.45, 7) is -0.128. The summed E-state index contributed by atoms with van der Waals surface area (Å²) in [5.74, 6) is 0.220. The Morgan fingerprint density at radius 2 is 2.06 bits per heavy atom. The minimum atomic E-state index is -4.53. The van der Waals surface area contributed by atoms with E-state index in [0.717, 1.165) is 17.3 Å². The minimum Gasteiger partial charge on any atom is -0.312 e. The molecule has 0 radical (unpaired) electrons. The van der Waals surface area contributed by atoms with Crippen LogP contribution in [-0.2, 0) is 10.2 Å². The highest BCUT2D eigenvalue weighted by molar-refractivity contribution is 7.87. The molecule has 2 N–H and O–H groups in total. The van der Waals surface area contributed by atoms with E-state index in [0.29, 0.717) is 6.54 Å². The Kier molecular flexibility index (Phi) is 3.36. The van der Waals surface area contributed by atoms with E-state index in [1.54, 1.807) is 4.72 Å². The van der Waals surface area contributed by atoms with E-state index in [4.69, 9.17) is 0 Å². The normalized spacial score (nSPS) is 30.8. The molecule has 0 aromatic heterocycles. The second-order valence-electron chi connectivity index (χ2n) is 4.37. The molecule has 2 saturated heterocycles. The fraction of sp³-hybridized carbons (Fsp3) is 1.00. The molecular weight excluding hydrogens is 259 g/mol. The zero-order valence-corrected chi connectivity index (χ0v) is 9.81. The van der Waals surface area contributed by atoms with Crippen LogP contribution in [0.15, 0.2) is 0 Å². The zero-order valence-electron chi connectivity index (χ0n) is 9.00. The van der Waals surface area contributed by atoms with Crippen LogP contribution in [0.3, 0.4) is 0 Å². The molecule has 0 saturated carbocycles.